The highest BCUT2D eigenvalue weighted by Crippen LogP contribution is 2.64. The van der Waals surface area contributed by atoms with Gasteiger partial charge in [0.05, 0.1) is 5.92 Å². The Labute approximate surface area is 73.0 Å². The fraction of sp³-hybridized carbons (Fsp3) is 0.900. The zero-order valence-corrected chi connectivity index (χ0v) is 7.55. The Morgan fingerprint density at radius 2 is 2.25 bits per heavy atom. The van der Waals surface area contributed by atoms with E-state index < -0.39 is 5.97 Å². The lowest BCUT2D eigenvalue weighted by molar-refractivity contribution is -0.140. The van der Waals surface area contributed by atoms with Gasteiger partial charge in [0.1, 0.15) is 0 Å². The number of aliphatic carboxylic acids is 1. The van der Waals surface area contributed by atoms with Gasteiger partial charge in [-0.05, 0) is 24.2 Å². The van der Waals surface area contributed by atoms with Crippen LogP contribution in [0.3, 0.4) is 0 Å². The van der Waals surface area contributed by atoms with Crippen molar-refractivity contribution in [3.8, 4) is 0 Å². The van der Waals surface area contributed by atoms with Crippen molar-refractivity contribution in [3.63, 3.8) is 0 Å². The van der Waals surface area contributed by atoms with Crippen molar-refractivity contribution in [1.29, 1.82) is 0 Å². The molecule has 1 spiro atoms. The lowest BCUT2D eigenvalue weighted by atomic mass is 9.76. The van der Waals surface area contributed by atoms with Crippen molar-refractivity contribution in [3.05, 3.63) is 0 Å². The number of carboxylic acid groups (broad SMARTS) is 1. The average Bonchev–Trinajstić information content (AvgIpc) is 2.72. The molecule has 0 aromatic heterocycles. The summed E-state index contributed by atoms with van der Waals surface area (Å²) in [6.45, 7) is 2.22. The Morgan fingerprint density at radius 1 is 1.50 bits per heavy atom. The van der Waals surface area contributed by atoms with Crippen molar-refractivity contribution >= 4 is 5.97 Å². The fourth-order valence-corrected chi connectivity index (χ4v) is 2.91. The lowest BCUT2D eigenvalue weighted by Crippen LogP contribution is -2.22. The van der Waals surface area contributed by atoms with E-state index in [1.165, 1.54) is 19.3 Å². The van der Waals surface area contributed by atoms with Gasteiger partial charge in [-0.25, -0.2) is 0 Å². The molecule has 0 bridgehead atoms. The summed E-state index contributed by atoms with van der Waals surface area (Å²) in [5, 5.41) is 8.89. The van der Waals surface area contributed by atoms with E-state index in [1.807, 2.05) is 0 Å². The Kier molecular flexibility index (Phi) is 1.67. The van der Waals surface area contributed by atoms with Crippen LogP contribution in [0, 0.1) is 17.3 Å². The molecular formula is C10H16O2. The van der Waals surface area contributed by atoms with Crippen LogP contribution in [0.5, 0.6) is 0 Å². The van der Waals surface area contributed by atoms with Crippen LogP contribution in [-0.2, 0) is 4.79 Å². The van der Waals surface area contributed by atoms with Crippen LogP contribution in [0.4, 0.5) is 0 Å². The van der Waals surface area contributed by atoms with Gasteiger partial charge >= 0.3 is 5.97 Å². The third kappa shape index (κ3) is 0.970. The van der Waals surface area contributed by atoms with Gasteiger partial charge in [-0.1, -0.05) is 26.2 Å². The highest BCUT2D eigenvalue weighted by molar-refractivity contribution is 5.74. The van der Waals surface area contributed by atoms with E-state index in [9.17, 15) is 4.79 Å². The Balaban J connectivity index is 2.07. The maximum atomic E-state index is 10.8. The number of carbonyl (C=O) groups is 1. The second kappa shape index (κ2) is 2.48. The third-order valence-corrected chi connectivity index (χ3v) is 3.93. The summed E-state index contributed by atoms with van der Waals surface area (Å²) in [7, 11) is 0. The van der Waals surface area contributed by atoms with E-state index in [0.29, 0.717) is 5.92 Å². The monoisotopic (exact) mass is 168 g/mol. The minimum Gasteiger partial charge on any atom is -0.481 e. The van der Waals surface area contributed by atoms with Crippen LogP contribution >= 0.6 is 0 Å². The molecule has 0 aromatic carbocycles. The first-order valence-corrected chi connectivity index (χ1v) is 4.89. The predicted octanol–water partition coefficient (Wildman–Crippen LogP) is 2.29. The summed E-state index contributed by atoms with van der Waals surface area (Å²) in [5.74, 6) is 0.0731. The molecule has 0 aromatic rings. The fourth-order valence-electron chi connectivity index (χ4n) is 2.91. The molecule has 3 atom stereocenters. The van der Waals surface area contributed by atoms with Gasteiger partial charge in [0.15, 0.2) is 0 Å². The van der Waals surface area contributed by atoms with Crippen LogP contribution in [0.2, 0.25) is 0 Å². The Bertz CT molecular complexity index is 212. The summed E-state index contributed by atoms with van der Waals surface area (Å²) >= 11 is 0. The minimum atomic E-state index is -0.566. The van der Waals surface area contributed by atoms with Crippen LogP contribution in [-0.4, -0.2) is 11.1 Å². The summed E-state index contributed by atoms with van der Waals surface area (Å²) in [5.41, 5.74) is 0.226. The molecule has 0 amide bonds. The quantitative estimate of drug-likeness (QED) is 0.652. The molecule has 1 N–H and O–H groups in total. The molecule has 2 nitrogen and oxygen atoms in total. The predicted molar refractivity (Wildman–Crippen MR) is 45.8 cm³/mol. The number of hydrogen-bond acceptors (Lipinski definition) is 1. The standard InChI is InChI=1S/C10H16O2/c1-7-4-2-3-5-10(7)6-8(10)9(11)12/h7-8H,2-6H2,1H3,(H,11,12). The summed E-state index contributed by atoms with van der Waals surface area (Å²) in [6, 6.07) is 0. The largest absolute Gasteiger partial charge is 0.481 e. The molecule has 2 fully saturated rings. The summed E-state index contributed by atoms with van der Waals surface area (Å²) in [6.07, 6.45) is 5.89. The molecule has 0 aliphatic heterocycles. The van der Waals surface area contributed by atoms with Crippen molar-refractivity contribution in [2.45, 2.75) is 39.0 Å². The van der Waals surface area contributed by atoms with Gasteiger partial charge in [-0.3, -0.25) is 4.79 Å². The van der Waals surface area contributed by atoms with E-state index >= 15 is 0 Å². The smallest absolute Gasteiger partial charge is 0.307 e. The molecule has 3 unspecified atom stereocenters. The maximum Gasteiger partial charge on any atom is 0.307 e. The van der Waals surface area contributed by atoms with Crippen LogP contribution < -0.4 is 0 Å². The van der Waals surface area contributed by atoms with Gasteiger partial charge in [0.2, 0.25) is 0 Å². The first-order chi connectivity index (χ1) is 5.67. The first kappa shape index (κ1) is 8.09. The van der Waals surface area contributed by atoms with E-state index in [0.717, 1.165) is 12.8 Å². The second-order valence-electron chi connectivity index (χ2n) is 4.47. The Hall–Kier alpha value is -0.530. The maximum absolute atomic E-state index is 10.8. The molecule has 0 heterocycles. The molecule has 2 saturated carbocycles. The zero-order valence-electron chi connectivity index (χ0n) is 7.55. The van der Waals surface area contributed by atoms with Crippen molar-refractivity contribution in [2.24, 2.45) is 17.3 Å². The molecule has 68 valence electrons. The van der Waals surface area contributed by atoms with E-state index in [2.05, 4.69) is 6.92 Å². The third-order valence-electron chi connectivity index (χ3n) is 3.93. The molecule has 2 aliphatic carbocycles. The number of rotatable bonds is 1. The van der Waals surface area contributed by atoms with Crippen molar-refractivity contribution in [2.75, 3.05) is 0 Å². The summed E-state index contributed by atoms with van der Waals surface area (Å²) in [4.78, 5) is 10.8. The molecule has 0 saturated heterocycles. The normalized spacial score (nSPS) is 46.1. The van der Waals surface area contributed by atoms with Crippen LogP contribution in [0.1, 0.15) is 39.0 Å². The van der Waals surface area contributed by atoms with Gasteiger partial charge in [-0.2, -0.15) is 0 Å². The highest BCUT2D eigenvalue weighted by Gasteiger charge is 2.61. The molecular weight excluding hydrogens is 152 g/mol. The first-order valence-electron chi connectivity index (χ1n) is 4.89. The lowest BCUT2D eigenvalue weighted by Gasteiger charge is -2.29. The van der Waals surface area contributed by atoms with Crippen molar-refractivity contribution in [1.82, 2.24) is 0 Å². The molecule has 2 heteroatoms. The molecule has 2 aliphatic rings. The van der Waals surface area contributed by atoms with Crippen LogP contribution in [0.25, 0.3) is 0 Å². The number of hydrogen-bond donors (Lipinski definition) is 1. The topological polar surface area (TPSA) is 37.3 Å². The molecule has 12 heavy (non-hydrogen) atoms. The van der Waals surface area contributed by atoms with Gasteiger partial charge in [0.25, 0.3) is 0 Å². The number of carboxylic acids is 1. The molecule has 0 radical (unpaired) electrons. The van der Waals surface area contributed by atoms with Crippen LogP contribution in [0.15, 0.2) is 0 Å². The minimum absolute atomic E-state index is 0.00667. The van der Waals surface area contributed by atoms with E-state index in [1.54, 1.807) is 0 Å². The second-order valence-corrected chi connectivity index (χ2v) is 4.47. The van der Waals surface area contributed by atoms with E-state index in [4.69, 9.17) is 5.11 Å². The average molecular weight is 168 g/mol. The van der Waals surface area contributed by atoms with E-state index in [-0.39, 0.29) is 11.3 Å². The zero-order chi connectivity index (χ0) is 8.77. The Morgan fingerprint density at radius 3 is 2.75 bits per heavy atom. The van der Waals surface area contributed by atoms with Gasteiger partial charge in [-0.15, -0.1) is 0 Å². The van der Waals surface area contributed by atoms with Crippen molar-refractivity contribution < 1.29 is 9.90 Å². The van der Waals surface area contributed by atoms with Gasteiger partial charge < -0.3 is 5.11 Å². The summed E-state index contributed by atoms with van der Waals surface area (Å²) < 4.78 is 0. The highest BCUT2D eigenvalue weighted by atomic mass is 16.4. The SMILES string of the molecule is CC1CCCCC12CC2C(=O)O. The molecule has 2 rings (SSSR count). The van der Waals surface area contributed by atoms with Gasteiger partial charge in [0, 0.05) is 0 Å².